The van der Waals surface area contributed by atoms with Gasteiger partial charge >= 0.3 is 0 Å². The Hall–Kier alpha value is -3.58. The maximum absolute atomic E-state index is 13.3. The topological polar surface area (TPSA) is 66.2 Å². The van der Waals surface area contributed by atoms with Crippen molar-refractivity contribution in [2.45, 2.75) is 38.8 Å². The largest absolute Gasteiger partial charge is 0.486 e. The van der Waals surface area contributed by atoms with Gasteiger partial charge in [-0.3, -0.25) is 9.59 Å². The molecule has 1 aliphatic carbocycles. The number of nitrogens with zero attached hydrogens (tertiary/aromatic N) is 3. The number of carbonyl (C=O) groups excluding carboxylic acids is 2. The van der Waals surface area contributed by atoms with Crippen LogP contribution in [-0.4, -0.2) is 66.3 Å². The molecule has 3 aliphatic rings. The third-order valence-electron chi connectivity index (χ3n) is 7.99. The van der Waals surface area contributed by atoms with Crippen molar-refractivity contribution in [3.8, 4) is 5.75 Å². The molecule has 0 spiro atoms. The van der Waals surface area contributed by atoms with Crippen molar-refractivity contribution in [3.63, 3.8) is 0 Å². The number of ether oxygens (including phenoxy) is 1. The molecule has 0 unspecified atom stereocenters. The van der Waals surface area contributed by atoms with E-state index >= 15 is 0 Å². The van der Waals surface area contributed by atoms with Crippen LogP contribution in [0.1, 0.15) is 57.5 Å². The Balaban J connectivity index is 1.19. The van der Waals surface area contributed by atoms with Gasteiger partial charge in [0.1, 0.15) is 18.1 Å². The molecule has 1 saturated heterocycles. The number of likely N-dealkylation sites (N-methyl/N-ethyl adjacent to an activating group) is 1. The molecule has 3 aromatic rings. The van der Waals surface area contributed by atoms with Gasteiger partial charge in [0.25, 0.3) is 5.91 Å². The molecule has 7 nitrogen and oxygen atoms in total. The van der Waals surface area contributed by atoms with Crippen LogP contribution >= 0.6 is 0 Å². The van der Waals surface area contributed by atoms with Crippen molar-refractivity contribution in [2.75, 3.05) is 39.8 Å². The summed E-state index contributed by atoms with van der Waals surface area (Å²) in [5.41, 5.74) is 4.70. The molecule has 6 rings (SSSR count). The Morgan fingerprint density at radius 1 is 0.947 bits per heavy atom. The molecule has 2 fully saturated rings. The first-order chi connectivity index (χ1) is 18.5. The average molecular weight is 514 g/mol. The van der Waals surface area contributed by atoms with Gasteiger partial charge in [-0.15, -0.1) is 0 Å². The Bertz CT molecular complexity index is 1320. The summed E-state index contributed by atoms with van der Waals surface area (Å²) >= 11 is 0. The van der Waals surface area contributed by atoms with E-state index in [-0.39, 0.29) is 30.4 Å². The molecule has 7 heteroatoms. The molecule has 1 atom stereocenters. The fraction of sp³-hybridized carbons (Fsp3) is 0.419. The van der Waals surface area contributed by atoms with Crippen LogP contribution in [-0.2, 0) is 17.8 Å². The molecule has 0 radical (unpaired) electrons. The molecule has 198 valence electrons. The van der Waals surface area contributed by atoms with Gasteiger partial charge in [-0.25, -0.2) is 0 Å². The van der Waals surface area contributed by atoms with E-state index in [0.29, 0.717) is 24.6 Å². The second-order valence-electron chi connectivity index (χ2n) is 10.9. The van der Waals surface area contributed by atoms with Gasteiger partial charge in [0.2, 0.25) is 5.91 Å². The molecule has 3 heterocycles. The average Bonchev–Trinajstić information content (AvgIpc) is 3.68. The van der Waals surface area contributed by atoms with Crippen LogP contribution in [0.3, 0.4) is 0 Å². The molecular formula is C31H35N3O4. The number of amides is 2. The Labute approximate surface area is 224 Å². The number of fused-ring (bicyclic) bond motifs is 1. The molecule has 0 bridgehead atoms. The minimum atomic E-state index is -0.118. The maximum atomic E-state index is 13.3. The lowest BCUT2D eigenvalue weighted by atomic mass is 9.87. The first-order valence-corrected chi connectivity index (χ1v) is 13.7. The van der Waals surface area contributed by atoms with Crippen LogP contribution < -0.4 is 4.74 Å². The molecule has 0 N–H and O–H groups in total. The minimum Gasteiger partial charge on any atom is -0.486 e. The Morgan fingerprint density at radius 2 is 1.71 bits per heavy atom. The summed E-state index contributed by atoms with van der Waals surface area (Å²) in [5.74, 6) is 2.06. The third kappa shape index (κ3) is 5.07. The fourth-order valence-electron chi connectivity index (χ4n) is 5.48. The lowest BCUT2D eigenvalue weighted by molar-refractivity contribution is -0.134. The number of carbonyl (C=O) groups is 2. The van der Waals surface area contributed by atoms with Crippen LogP contribution in [0.5, 0.6) is 5.75 Å². The molecule has 2 aromatic carbocycles. The summed E-state index contributed by atoms with van der Waals surface area (Å²) in [4.78, 5) is 32.2. The van der Waals surface area contributed by atoms with Crippen molar-refractivity contribution in [2.24, 2.45) is 5.92 Å². The predicted molar refractivity (Wildman–Crippen MR) is 144 cm³/mol. The normalized spacial score (nSPS) is 19.8. The van der Waals surface area contributed by atoms with Crippen molar-refractivity contribution < 1.29 is 18.7 Å². The van der Waals surface area contributed by atoms with Crippen molar-refractivity contribution >= 4 is 11.8 Å². The first kappa shape index (κ1) is 24.7. The van der Waals surface area contributed by atoms with E-state index in [0.717, 1.165) is 55.8 Å². The van der Waals surface area contributed by atoms with E-state index in [1.807, 2.05) is 17.0 Å². The maximum Gasteiger partial charge on any atom is 0.289 e. The monoisotopic (exact) mass is 513 g/mol. The summed E-state index contributed by atoms with van der Waals surface area (Å²) in [6.07, 6.45) is 2.83. The van der Waals surface area contributed by atoms with Gasteiger partial charge in [-0.2, -0.15) is 0 Å². The van der Waals surface area contributed by atoms with Gasteiger partial charge in [0.15, 0.2) is 5.76 Å². The molecule has 2 aliphatic heterocycles. The summed E-state index contributed by atoms with van der Waals surface area (Å²) < 4.78 is 12.0. The molecule has 1 saturated carbocycles. The van der Waals surface area contributed by atoms with E-state index in [1.165, 1.54) is 11.1 Å². The van der Waals surface area contributed by atoms with E-state index in [1.54, 1.807) is 6.07 Å². The first-order valence-electron chi connectivity index (χ1n) is 13.7. The van der Waals surface area contributed by atoms with Crippen LogP contribution in [0.4, 0.5) is 0 Å². The lowest BCUT2D eigenvalue weighted by Gasteiger charge is -2.38. The highest BCUT2D eigenvalue weighted by Crippen LogP contribution is 2.41. The number of benzene rings is 2. The Morgan fingerprint density at radius 3 is 2.45 bits per heavy atom. The van der Waals surface area contributed by atoms with Crippen molar-refractivity contribution in [1.82, 2.24) is 14.7 Å². The molecule has 38 heavy (non-hydrogen) atoms. The van der Waals surface area contributed by atoms with Gasteiger partial charge < -0.3 is 23.9 Å². The number of hydrogen-bond acceptors (Lipinski definition) is 5. The van der Waals surface area contributed by atoms with Crippen LogP contribution in [0.25, 0.3) is 0 Å². The highest BCUT2D eigenvalue weighted by atomic mass is 16.5. The molecular weight excluding hydrogens is 478 g/mol. The Kier molecular flexibility index (Phi) is 6.70. The fourth-order valence-corrected chi connectivity index (χ4v) is 5.48. The summed E-state index contributed by atoms with van der Waals surface area (Å²) in [6.45, 7) is 6.20. The number of aryl methyl sites for hydroxylation is 1. The van der Waals surface area contributed by atoms with Crippen molar-refractivity contribution in [3.05, 3.63) is 88.4 Å². The van der Waals surface area contributed by atoms with Gasteiger partial charge in [-0.1, -0.05) is 35.9 Å². The van der Waals surface area contributed by atoms with E-state index < -0.39 is 0 Å². The van der Waals surface area contributed by atoms with E-state index in [9.17, 15) is 9.59 Å². The molecule has 2 amide bonds. The number of furan rings is 1. The van der Waals surface area contributed by atoms with Crippen molar-refractivity contribution in [1.29, 1.82) is 0 Å². The third-order valence-corrected chi connectivity index (χ3v) is 7.99. The van der Waals surface area contributed by atoms with E-state index in [2.05, 4.69) is 60.2 Å². The van der Waals surface area contributed by atoms with Crippen LogP contribution in [0.15, 0.2) is 59.0 Å². The minimum absolute atomic E-state index is 0.0699. The predicted octanol–water partition coefficient (Wildman–Crippen LogP) is 4.44. The van der Waals surface area contributed by atoms with Gasteiger partial charge in [0.05, 0.1) is 6.04 Å². The lowest BCUT2D eigenvalue weighted by Crippen LogP contribution is -2.47. The zero-order chi connectivity index (χ0) is 26.2. The van der Waals surface area contributed by atoms with Gasteiger partial charge in [0, 0.05) is 38.6 Å². The number of piperazine rings is 1. The SMILES string of the molecule is Cc1ccc([C@@H]2c3cc(OCc4ccc(C(=O)N5CCN(C)CC5)o4)ccc3CCN2C(=O)C2CC2)cc1. The van der Waals surface area contributed by atoms with Crippen LogP contribution in [0, 0.1) is 12.8 Å². The smallest absolute Gasteiger partial charge is 0.289 e. The van der Waals surface area contributed by atoms with Crippen LogP contribution in [0.2, 0.25) is 0 Å². The second-order valence-corrected chi connectivity index (χ2v) is 10.9. The van der Waals surface area contributed by atoms with E-state index in [4.69, 9.17) is 9.15 Å². The highest BCUT2D eigenvalue weighted by molar-refractivity contribution is 5.91. The van der Waals surface area contributed by atoms with Gasteiger partial charge in [-0.05, 0) is 74.2 Å². The second kappa shape index (κ2) is 10.3. The zero-order valence-electron chi connectivity index (χ0n) is 22.2. The summed E-state index contributed by atoms with van der Waals surface area (Å²) in [7, 11) is 2.07. The number of rotatable bonds is 6. The summed E-state index contributed by atoms with van der Waals surface area (Å²) in [6, 6.07) is 18.1. The number of hydrogen-bond donors (Lipinski definition) is 0. The summed E-state index contributed by atoms with van der Waals surface area (Å²) in [5, 5.41) is 0. The highest BCUT2D eigenvalue weighted by Gasteiger charge is 2.39. The zero-order valence-corrected chi connectivity index (χ0v) is 22.2. The quantitative estimate of drug-likeness (QED) is 0.488. The molecule has 1 aromatic heterocycles. The standard InChI is InChI=1S/C31H35N3O4/c1-21-3-5-23(6-4-21)29-27-19-25(10-9-22(27)13-14-34(29)30(35)24-7-8-24)37-20-26-11-12-28(38-26)31(36)33-17-15-32(2)16-18-33/h3-6,9-12,19,24,29H,7-8,13-18,20H2,1-2H3/t29-/m1/s1.